The van der Waals surface area contributed by atoms with Gasteiger partial charge in [-0.05, 0) is 44.9 Å². The highest BCUT2D eigenvalue weighted by Crippen LogP contribution is 2.43. The minimum Gasteiger partial charge on any atom is -0.457 e. The lowest BCUT2D eigenvalue weighted by Crippen LogP contribution is -2.28. The van der Waals surface area contributed by atoms with E-state index in [1.165, 1.54) is 154 Å². The van der Waals surface area contributed by atoms with Crippen LogP contribution in [-0.4, -0.2) is 65.7 Å². The first kappa shape index (κ1) is 59.5. The number of phosphoric ester groups is 1. The van der Waals surface area contributed by atoms with Crippen LogP contribution in [0.5, 0.6) is 0 Å². The fourth-order valence-corrected chi connectivity index (χ4v) is 8.05. The second-order valence-electron chi connectivity index (χ2n) is 17.2. The van der Waals surface area contributed by atoms with Crippen molar-refractivity contribution >= 4 is 19.8 Å². The van der Waals surface area contributed by atoms with Crippen LogP contribution in [0.25, 0.3) is 0 Å². The van der Waals surface area contributed by atoms with Crippen LogP contribution in [-0.2, 0) is 32.7 Å². The number of hydrogen-bond acceptors (Lipinski definition) is 9. The zero-order valence-electron chi connectivity index (χ0n) is 39.4. The van der Waals surface area contributed by atoms with Crippen LogP contribution in [0.2, 0.25) is 0 Å². The summed E-state index contributed by atoms with van der Waals surface area (Å²) in [6.07, 6.45) is 48.6. The number of hydrogen-bond donors (Lipinski definition) is 3. The first-order valence-electron chi connectivity index (χ1n) is 25.3. The van der Waals surface area contributed by atoms with Gasteiger partial charge in [0.2, 0.25) is 0 Å². The molecule has 360 valence electrons. The fraction of sp³-hybridized carbons (Fsp3) is 0.880. The Morgan fingerprint density at radius 3 is 1.02 bits per heavy atom. The molecule has 0 rings (SSSR count). The van der Waals surface area contributed by atoms with Gasteiger partial charge < -0.3 is 24.6 Å². The van der Waals surface area contributed by atoms with Crippen LogP contribution in [0.4, 0.5) is 0 Å². The number of aliphatic hydroxyl groups excluding tert-OH is 2. The van der Waals surface area contributed by atoms with Gasteiger partial charge in [-0.2, -0.15) is 0 Å². The lowest BCUT2D eigenvalue weighted by Gasteiger charge is -2.20. The van der Waals surface area contributed by atoms with E-state index in [2.05, 4.69) is 38.2 Å². The van der Waals surface area contributed by atoms with E-state index >= 15 is 0 Å². The molecule has 3 atom stereocenters. The number of aliphatic hydroxyl groups is 2. The Kier molecular flexibility index (Phi) is 45.3. The maximum atomic E-state index is 12.4. The Bertz CT molecular complexity index is 1070. The minimum atomic E-state index is -4.64. The minimum absolute atomic E-state index is 0.190. The summed E-state index contributed by atoms with van der Waals surface area (Å²) in [7, 11) is -4.64. The van der Waals surface area contributed by atoms with E-state index < -0.39 is 58.4 Å². The molecule has 0 aromatic rings. The molecule has 61 heavy (non-hydrogen) atoms. The molecule has 0 aliphatic carbocycles. The molecule has 0 radical (unpaired) electrons. The summed E-state index contributed by atoms with van der Waals surface area (Å²) in [5.74, 6) is -1.01. The molecule has 0 saturated carbocycles. The van der Waals surface area contributed by atoms with Crippen molar-refractivity contribution in [3.05, 3.63) is 24.3 Å². The molecule has 0 aliphatic rings. The summed E-state index contributed by atoms with van der Waals surface area (Å²) in [6, 6.07) is 0. The van der Waals surface area contributed by atoms with Gasteiger partial charge in [0.05, 0.1) is 26.4 Å². The van der Waals surface area contributed by atoms with Crippen LogP contribution in [0.3, 0.4) is 0 Å². The number of ether oxygens (including phenoxy) is 2. The van der Waals surface area contributed by atoms with E-state index in [4.69, 9.17) is 18.5 Å². The van der Waals surface area contributed by atoms with Crippen LogP contribution < -0.4 is 0 Å². The summed E-state index contributed by atoms with van der Waals surface area (Å²) >= 11 is 0. The average Bonchev–Trinajstić information content (AvgIpc) is 3.25. The summed E-state index contributed by atoms with van der Waals surface area (Å²) in [5.41, 5.74) is 0. The molecule has 3 unspecified atom stereocenters. The second-order valence-corrected chi connectivity index (χ2v) is 18.6. The first-order chi connectivity index (χ1) is 29.8. The molecule has 0 aliphatic heterocycles. The molecular formula is C50H95O10P. The standard InChI is InChI=1S/C50H95O10P/c1-3-5-7-9-11-13-15-17-19-21-22-23-24-26-28-30-32-34-36-38-40-42-50(54)60-48(44-52)46-58-61(55,56)57-45-47(43-51)59-49(53)41-39-37-35-33-31-29-27-25-20-18-16-14-12-10-8-6-4-2/h15,17,21-22,47-48,51-52H,3-14,16,18-20,23-46H2,1-2H3,(H,55,56)/b17-15-,22-21-. The molecule has 10 nitrogen and oxygen atoms in total. The molecule has 0 fully saturated rings. The number of rotatable bonds is 48. The molecule has 0 spiro atoms. The van der Waals surface area contributed by atoms with Crippen LogP contribution >= 0.6 is 7.82 Å². The van der Waals surface area contributed by atoms with Crippen molar-refractivity contribution in [3.63, 3.8) is 0 Å². The number of carbonyl (C=O) groups is 2. The molecule has 3 N–H and O–H groups in total. The number of unbranched alkanes of at least 4 members (excludes halogenated alkanes) is 30. The average molecular weight is 887 g/mol. The zero-order valence-corrected chi connectivity index (χ0v) is 40.3. The zero-order chi connectivity index (χ0) is 44.8. The van der Waals surface area contributed by atoms with Crippen molar-refractivity contribution in [3.8, 4) is 0 Å². The highest BCUT2D eigenvalue weighted by atomic mass is 31.2. The van der Waals surface area contributed by atoms with Crippen molar-refractivity contribution in [2.24, 2.45) is 0 Å². The van der Waals surface area contributed by atoms with Crippen molar-refractivity contribution in [1.29, 1.82) is 0 Å². The van der Waals surface area contributed by atoms with Gasteiger partial charge in [-0.1, -0.05) is 212 Å². The quantitative estimate of drug-likeness (QED) is 0.0233. The van der Waals surface area contributed by atoms with Gasteiger partial charge in [0.1, 0.15) is 12.2 Å². The van der Waals surface area contributed by atoms with E-state index in [9.17, 15) is 29.3 Å². The topological polar surface area (TPSA) is 149 Å². The number of carbonyl (C=O) groups excluding carboxylic acids is 2. The summed E-state index contributed by atoms with van der Waals surface area (Å²) in [4.78, 5) is 34.7. The number of allylic oxidation sites excluding steroid dienone is 4. The lowest BCUT2D eigenvalue weighted by molar-refractivity contribution is -0.153. The monoisotopic (exact) mass is 887 g/mol. The Morgan fingerprint density at radius 2 is 0.721 bits per heavy atom. The molecule has 0 aromatic heterocycles. The van der Waals surface area contributed by atoms with Crippen molar-refractivity contribution in [1.82, 2.24) is 0 Å². The van der Waals surface area contributed by atoms with Crippen molar-refractivity contribution < 1.29 is 47.8 Å². The summed E-state index contributed by atoms with van der Waals surface area (Å²) in [6.45, 7) is 2.24. The van der Waals surface area contributed by atoms with Gasteiger partial charge >= 0.3 is 19.8 Å². The smallest absolute Gasteiger partial charge is 0.457 e. The maximum Gasteiger partial charge on any atom is 0.472 e. The second kappa shape index (κ2) is 46.4. The van der Waals surface area contributed by atoms with E-state index in [1.807, 2.05) is 0 Å². The van der Waals surface area contributed by atoms with E-state index in [1.54, 1.807) is 0 Å². The lowest BCUT2D eigenvalue weighted by atomic mass is 10.0. The first-order valence-corrected chi connectivity index (χ1v) is 26.8. The molecular weight excluding hydrogens is 792 g/mol. The van der Waals surface area contributed by atoms with Gasteiger partial charge in [0.25, 0.3) is 0 Å². The van der Waals surface area contributed by atoms with Gasteiger partial charge in [0.15, 0.2) is 0 Å². The van der Waals surface area contributed by atoms with Crippen LogP contribution in [0.1, 0.15) is 245 Å². The van der Waals surface area contributed by atoms with Crippen LogP contribution in [0, 0.1) is 0 Å². The third-order valence-corrected chi connectivity index (χ3v) is 12.1. The summed E-state index contributed by atoms with van der Waals surface area (Å²) in [5, 5.41) is 19.2. The SMILES string of the molecule is CCCCCCC/C=C\C/C=C\CCCCCCCCCCCC(=O)OC(CO)COP(=O)(O)OCC(CO)OC(=O)CCCCCCCCCCCCCCCCCCC. The van der Waals surface area contributed by atoms with E-state index in [0.29, 0.717) is 12.8 Å². The maximum absolute atomic E-state index is 12.4. The van der Waals surface area contributed by atoms with Crippen molar-refractivity contribution in [2.75, 3.05) is 26.4 Å². The third kappa shape index (κ3) is 44.8. The molecule has 11 heteroatoms. The Labute approximate surface area is 374 Å². The predicted octanol–water partition coefficient (Wildman–Crippen LogP) is 14.1. The van der Waals surface area contributed by atoms with E-state index in [-0.39, 0.29) is 12.8 Å². The van der Waals surface area contributed by atoms with Gasteiger partial charge in [-0.3, -0.25) is 18.6 Å². The van der Waals surface area contributed by atoms with Crippen molar-refractivity contribution in [2.45, 2.75) is 257 Å². The van der Waals surface area contributed by atoms with Crippen LogP contribution in [0.15, 0.2) is 24.3 Å². The summed E-state index contributed by atoms with van der Waals surface area (Å²) < 4.78 is 32.7. The highest BCUT2D eigenvalue weighted by Gasteiger charge is 2.27. The van der Waals surface area contributed by atoms with Gasteiger partial charge in [-0.25, -0.2) is 4.57 Å². The Balaban J connectivity index is 3.83. The number of phosphoric acid groups is 1. The molecule has 0 heterocycles. The molecule has 0 saturated heterocycles. The molecule has 0 aromatic carbocycles. The Morgan fingerprint density at radius 1 is 0.443 bits per heavy atom. The fourth-order valence-electron chi connectivity index (χ4n) is 7.27. The highest BCUT2D eigenvalue weighted by molar-refractivity contribution is 7.47. The van der Waals surface area contributed by atoms with Gasteiger partial charge in [-0.15, -0.1) is 0 Å². The molecule has 0 bridgehead atoms. The van der Waals surface area contributed by atoms with E-state index in [0.717, 1.165) is 51.4 Å². The third-order valence-electron chi connectivity index (χ3n) is 11.2. The van der Waals surface area contributed by atoms with Gasteiger partial charge in [0, 0.05) is 12.8 Å². The largest absolute Gasteiger partial charge is 0.472 e. The predicted molar refractivity (Wildman–Crippen MR) is 252 cm³/mol. The Hall–Kier alpha value is -1.55. The normalized spacial score (nSPS) is 13.9. The number of esters is 2. The molecule has 0 amide bonds.